The van der Waals surface area contributed by atoms with Crippen molar-refractivity contribution in [2.24, 2.45) is 0 Å². The number of aliphatic hydroxyl groups excluding tert-OH is 2. The lowest BCUT2D eigenvalue weighted by Crippen LogP contribution is -2.32. The molecule has 0 aliphatic carbocycles. The molecule has 1 amide bonds. The number of hydrogen-bond donors (Lipinski definition) is 5. The highest BCUT2D eigenvalue weighted by Gasteiger charge is 2.00. The van der Waals surface area contributed by atoms with Gasteiger partial charge in [0.25, 0.3) is 0 Å². The average Bonchev–Trinajstić information content (AvgIpc) is 2.38. The Hall–Kier alpha value is -0.690. The van der Waals surface area contributed by atoms with Gasteiger partial charge in [-0.15, -0.1) is 0 Å². The number of carbonyl (C=O) groups is 1. The molecule has 0 aliphatic rings. The van der Waals surface area contributed by atoms with Gasteiger partial charge < -0.3 is 26.2 Å². The molecule has 5 N–H and O–H groups in total. The van der Waals surface area contributed by atoms with E-state index in [9.17, 15) is 9.90 Å². The predicted octanol–water partition coefficient (Wildman–Crippen LogP) is -1.17. The van der Waals surface area contributed by atoms with Crippen LogP contribution in [0.3, 0.4) is 0 Å². The maximum Gasteiger partial charge on any atom is 0.221 e. The molecule has 0 aromatic carbocycles. The molecule has 18 heavy (non-hydrogen) atoms. The first kappa shape index (κ1) is 17.3. The van der Waals surface area contributed by atoms with E-state index in [4.69, 9.17) is 5.11 Å². The molecule has 0 rings (SSSR count). The highest BCUT2D eigenvalue weighted by atomic mass is 16.3. The largest absolute Gasteiger partial charge is 0.395 e. The summed E-state index contributed by atoms with van der Waals surface area (Å²) in [4.78, 5) is 11.3. The molecule has 0 aromatic heterocycles. The van der Waals surface area contributed by atoms with Crippen molar-refractivity contribution in [3.63, 3.8) is 0 Å². The summed E-state index contributed by atoms with van der Waals surface area (Å²) in [6, 6.07) is 0. The maximum absolute atomic E-state index is 11.3. The summed E-state index contributed by atoms with van der Waals surface area (Å²) < 4.78 is 0. The summed E-state index contributed by atoms with van der Waals surface area (Å²) >= 11 is 0. The molecule has 6 nitrogen and oxygen atoms in total. The van der Waals surface area contributed by atoms with Crippen molar-refractivity contribution in [1.29, 1.82) is 0 Å². The van der Waals surface area contributed by atoms with Gasteiger partial charge in [-0.05, 0) is 19.4 Å². The second kappa shape index (κ2) is 12.8. The lowest BCUT2D eigenvalue weighted by atomic mass is 10.3. The molecule has 0 fully saturated rings. The van der Waals surface area contributed by atoms with Gasteiger partial charge in [-0.2, -0.15) is 0 Å². The second-order valence-electron chi connectivity index (χ2n) is 4.19. The minimum absolute atomic E-state index is 0.0223. The van der Waals surface area contributed by atoms with E-state index in [0.29, 0.717) is 32.6 Å². The quantitative estimate of drug-likeness (QED) is 0.285. The number of nitrogens with one attached hydrogen (secondary N) is 3. The van der Waals surface area contributed by atoms with Gasteiger partial charge in [0, 0.05) is 32.6 Å². The van der Waals surface area contributed by atoms with Crippen LogP contribution in [0.5, 0.6) is 0 Å². The van der Waals surface area contributed by atoms with Crippen LogP contribution in [-0.2, 0) is 4.79 Å². The van der Waals surface area contributed by atoms with E-state index < -0.39 is 0 Å². The standard InChI is InChI=1S/C12H27N3O3/c1-2-11(17)10-14-5-3-6-15-12(18)4-7-13-8-9-16/h11,13-14,16-17H,2-10H2,1H3,(H,15,18). The topological polar surface area (TPSA) is 93.6 Å². The van der Waals surface area contributed by atoms with Crippen LogP contribution < -0.4 is 16.0 Å². The zero-order chi connectivity index (χ0) is 13.6. The lowest BCUT2D eigenvalue weighted by Gasteiger charge is -2.09. The minimum Gasteiger partial charge on any atom is -0.395 e. The van der Waals surface area contributed by atoms with Gasteiger partial charge in [0.2, 0.25) is 5.91 Å². The number of hydrogen-bond acceptors (Lipinski definition) is 5. The Morgan fingerprint density at radius 1 is 1.17 bits per heavy atom. The number of rotatable bonds is 12. The second-order valence-corrected chi connectivity index (χ2v) is 4.19. The average molecular weight is 261 g/mol. The molecule has 1 unspecified atom stereocenters. The van der Waals surface area contributed by atoms with Gasteiger partial charge in [-0.3, -0.25) is 4.79 Å². The fourth-order valence-corrected chi connectivity index (χ4v) is 1.35. The summed E-state index contributed by atoms with van der Waals surface area (Å²) in [5.74, 6) is 0.0223. The highest BCUT2D eigenvalue weighted by molar-refractivity contribution is 5.75. The molecule has 0 saturated heterocycles. The summed E-state index contributed by atoms with van der Waals surface area (Å²) in [6.07, 6.45) is 1.76. The van der Waals surface area contributed by atoms with Crippen LogP contribution in [0.2, 0.25) is 0 Å². The van der Waals surface area contributed by atoms with Crippen LogP contribution in [-0.4, -0.2) is 61.6 Å². The first-order valence-corrected chi connectivity index (χ1v) is 6.67. The molecule has 0 radical (unpaired) electrons. The normalized spacial score (nSPS) is 12.4. The van der Waals surface area contributed by atoms with Crippen LogP contribution in [0.1, 0.15) is 26.2 Å². The first-order chi connectivity index (χ1) is 8.70. The molecular weight excluding hydrogens is 234 g/mol. The van der Waals surface area contributed by atoms with Crippen LogP contribution in [0, 0.1) is 0 Å². The SMILES string of the molecule is CCC(O)CNCCCNC(=O)CCNCCO. The van der Waals surface area contributed by atoms with Gasteiger partial charge in [-0.1, -0.05) is 6.92 Å². The van der Waals surface area contributed by atoms with Crippen LogP contribution in [0.25, 0.3) is 0 Å². The Morgan fingerprint density at radius 3 is 2.61 bits per heavy atom. The van der Waals surface area contributed by atoms with Crippen molar-refractivity contribution in [3.8, 4) is 0 Å². The fourth-order valence-electron chi connectivity index (χ4n) is 1.35. The molecule has 0 aromatic rings. The van der Waals surface area contributed by atoms with Crippen molar-refractivity contribution in [3.05, 3.63) is 0 Å². The van der Waals surface area contributed by atoms with Crippen LogP contribution in [0.15, 0.2) is 0 Å². The first-order valence-electron chi connectivity index (χ1n) is 6.67. The monoisotopic (exact) mass is 261 g/mol. The maximum atomic E-state index is 11.3. The van der Waals surface area contributed by atoms with E-state index >= 15 is 0 Å². The van der Waals surface area contributed by atoms with Gasteiger partial charge in [0.15, 0.2) is 0 Å². The van der Waals surface area contributed by atoms with Gasteiger partial charge in [0.05, 0.1) is 12.7 Å². The van der Waals surface area contributed by atoms with Crippen LogP contribution >= 0.6 is 0 Å². The Morgan fingerprint density at radius 2 is 1.94 bits per heavy atom. The minimum atomic E-state index is -0.280. The van der Waals surface area contributed by atoms with Gasteiger partial charge >= 0.3 is 0 Å². The third-order valence-corrected chi connectivity index (χ3v) is 2.52. The van der Waals surface area contributed by atoms with Crippen molar-refractivity contribution in [2.75, 3.05) is 39.3 Å². The number of amides is 1. The molecule has 6 heteroatoms. The van der Waals surface area contributed by atoms with E-state index in [2.05, 4.69) is 16.0 Å². The summed E-state index contributed by atoms with van der Waals surface area (Å²) in [5.41, 5.74) is 0. The molecule has 108 valence electrons. The molecule has 0 bridgehead atoms. The van der Waals surface area contributed by atoms with Crippen molar-refractivity contribution >= 4 is 5.91 Å². The third kappa shape index (κ3) is 11.8. The zero-order valence-electron chi connectivity index (χ0n) is 11.2. The van der Waals surface area contributed by atoms with Crippen molar-refractivity contribution in [2.45, 2.75) is 32.3 Å². The van der Waals surface area contributed by atoms with Crippen molar-refractivity contribution in [1.82, 2.24) is 16.0 Å². The Labute approximate surface area is 109 Å². The number of carbonyl (C=O) groups excluding carboxylic acids is 1. The smallest absolute Gasteiger partial charge is 0.221 e. The lowest BCUT2D eigenvalue weighted by molar-refractivity contribution is -0.121. The predicted molar refractivity (Wildman–Crippen MR) is 71.4 cm³/mol. The molecule has 0 heterocycles. The molecular formula is C12H27N3O3. The van der Waals surface area contributed by atoms with E-state index in [1.165, 1.54) is 0 Å². The van der Waals surface area contributed by atoms with E-state index in [1.807, 2.05) is 6.92 Å². The van der Waals surface area contributed by atoms with Crippen molar-refractivity contribution < 1.29 is 15.0 Å². The van der Waals surface area contributed by atoms with Gasteiger partial charge in [-0.25, -0.2) is 0 Å². The van der Waals surface area contributed by atoms with Crippen LogP contribution in [0.4, 0.5) is 0 Å². The molecule has 1 atom stereocenters. The Bertz CT molecular complexity index is 203. The summed E-state index contributed by atoms with van der Waals surface area (Å²) in [7, 11) is 0. The fraction of sp³-hybridized carbons (Fsp3) is 0.917. The zero-order valence-corrected chi connectivity index (χ0v) is 11.2. The molecule has 0 aliphatic heterocycles. The number of aliphatic hydroxyl groups is 2. The van der Waals surface area contributed by atoms with E-state index in [1.54, 1.807) is 0 Å². The van der Waals surface area contributed by atoms with E-state index in [-0.39, 0.29) is 18.6 Å². The highest BCUT2D eigenvalue weighted by Crippen LogP contribution is 1.86. The molecule has 0 spiro atoms. The summed E-state index contributed by atoms with van der Waals surface area (Å²) in [5, 5.41) is 26.7. The molecule has 0 saturated carbocycles. The van der Waals surface area contributed by atoms with E-state index in [0.717, 1.165) is 19.4 Å². The third-order valence-electron chi connectivity index (χ3n) is 2.52. The Balaban J connectivity index is 3.20. The Kier molecular flexibility index (Phi) is 12.3. The van der Waals surface area contributed by atoms with Gasteiger partial charge in [0.1, 0.15) is 0 Å². The summed E-state index contributed by atoms with van der Waals surface area (Å²) in [6.45, 7) is 5.20.